The Labute approximate surface area is 227 Å². The summed E-state index contributed by atoms with van der Waals surface area (Å²) in [4.78, 5) is 29.3. The van der Waals surface area contributed by atoms with Gasteiger partial charge in [-0.05, 0) is 42.8 Å². The summed E-state index contributed by atoms with van der Waals surface area (Å²) in [6.45, 7) is 0.567. The zero-order chi connectivity index (χ0) is 32.0. The van der Waals surface area contributed by atoms with Crippen LogP contribution in [0.2, 0.25) is 0 Å². The Bertz CT molecular complexity index is 1500. The third-order valence-electron chi connectivity index (χ3n) is 5.92. The first-order valence-electron chi connectivity index (χ1n) is 11.2. The highest BCUT2D eigenvalue weighted by atomic mass is 19.4. The molecule has 42 heavy (non-hydrogen) atoms. The summed E-state index contributed by atoms with van der Waals surface area (Å²) in [6.07, 6.45) is -18.3. The summed E-state index contributed by atoms with van der Waals surface area (Å²) >= 11 is 0. The largest absolute Gasteiger partial charge is 0.435 e. The van der Waals surface area contributed by atoms with E-state index in [-0.39, 0.29) is 11.6 Å². The van der Waals surface area contributed by atoms with Crippen LogP contribution in [-0.4, -0.2) is 36.2 Å². The maximum absolute atomic E-state index is 15.3. The first-order chi connectivity index (χ1) is 19.1. The van der Waals surface area contributed by atoms with Gasteiger partial charge in [-0.15, -0.1) is 0 Å². The molecule has 1 N–H and O–H groups in total. The van der Waals surface area contributed by atoms with E-state index in [0.29, 0.717) is 11.8 Å². The highest BCUT2D eigenvalue weighted by molar-refractivity contribution is 6.08. The molecular formula is C25H15F12N3O2. The first kappa shape index (κ1) is 32.2. The molecule has 1 aromatic heterocycles. The maximum Gasteiger partial charge on any atom is 0.435 e. The molecule has 2 amide bonds. The van der Waals surface area contributed by atoms with Gasteiger partial charge in [0.1, 0.15) is 0 Å². The van der Waals surface area contributed by atoms with Crippen LogP contribution >= 0.6 is 0 Å². The quantitative estimate of drug-likeness (QED) is 0.238. The summed E-state index contributed by atoms with van der Waals surface area (Å²) in [5.41, 5.74) is -15.2. The molecular weight excluding hydrogens is 602 g/mol. The molecule has 0 atom stereocenters. The molecule has 3 aromatic rings. The number of nitrogens with zero attached hydrogens (tertiary/aromatic N) is 2. The second-order valence-electron chi connectivity index (χ2n) is 8.69. The second-order valence-corrected chi connectivity index (χ2v) is 8.69. The smallest absolute Gasteiger partial charge is 0.321 e. The number of nitrogens with one attached hydrogen (secondary N) is 1. The van der Waals surface area contributed by atoms with Crippen molar-refractivity contribution in [2.75, 3.05) is 17.3 Å². The van der Waals surface area contributed by atoms with Gasteiger partial charge in [0.25, 0.3) is 11.8 Å². The molecule has 0 aliphatic rings. The standard InChI is InChI=1S/C25H15F12N3O2/c1-11-8-13(22(28,24(32,33)34)25(35,36)37)9-15(23(29,30)31)19(11)39-20(41)14-4-3-5-16(18(14)27)40(2)21(42)12-6-7-17(26)38-10-12/h3-10H,1-2H3,(H,39,41). The van der Waals surface area contributed by atoms with Crippen LogP contribution in [0.4, 0.5) is 64.1 Å². The average molecular weight is 617 g/mol. The fourth-order valence-corrected chi connectivity index (χ4v) is 3.80. The minimum absolute atomic E-state index is 0.179. The molecule has 0 fully saturated rings. The van der Waals surface area contributed by atoms with E-state index in [1.54, 1.807) is 5.32 Å². The van der Waals surface area contributed by atoms with Crippen LogP contribution in [0, 0.1) is 18.7 Å². The molecule has 0 spiro atoms. The van der Waals surface area contributed by atoms with Gasteiger partial charge in [-0.2, -0.15) is 43.9 Å². The van der Waals surface area contributed by atoms with E-state index in [0.717, 1.165) is 43.6 Å². The number of anilines is 2. The maximum atomic E-state index is 15.3. The van der Waals surface area contributed by atoms with Crippen LogP contribution < -0.4 is 10.2 Å². The number of alkyl halides is 10. The van der Waals surface area contributed by atoms with Gasteiger partial charge in [-0.1, -0.05) is 12.1 Å². The van der Waals surface area contributed by atoms with Crippen molar-refractivity contribution in [3.05, 3.63) is 88.2 Å². The first-order valence-corrected chi connectivity index (χ1v) is 11.2. The normalized spacial score (nSPS) is 12.7. The molecule has 17 heteroatoms. The lowest BCUT2D eigenvalue weighted by atomic mass is 9.90. The number of aryl methyl sites for hydroxylation is 1. The number of hydrogen-bond acceptors (Lipinski definition) is 3. The monoisotopic (exact) mass is 617 g/mol. The van der Waals surface area contributed by atoms with Crippen molar-refractivity contribution < 1.29 is 62.3 Å². The molecule has 0 bridgehead atoms. The summed E-state index contributed by atoms with van der Waals surface area (Å²) in [5, 5.41) is 1.59. The Morgan fingerprint density at radius 1 is 0.857 bits per heavy atom. The molecule has 0 saturated heterocycles. The molecule has 0 saturated carbocycles. The van der Waals surface area contributed by atoms with Gasteiger partial charge >= 0.3 is 24.2 Å². The van der Waals surface area contributed by atoms with Gasteiger partial charge in [0.15, 0.2) is 5.82 Å². The number of pyridine rings is 1. The summed E-state index contributed by atoms with van der Waals surface area (Å²) in [5.74, 6) is -5.01. The van der Waals surface area contributed by atoms with Crippen molar-refractivity contribution in [2.45, 2.75) is 31.1 Å². The molecule has 2 aromatic carbocycles. The van der Waals surface area contributed by atoms with Gasteiger partial charge in [-0.25, -0.2) is 13.8 Å². The number of aromatic nitrogens is 1. The van der Waals surface area contributed by atoms with Gasteiger partial charge in [0, 0.05) is 18.8 Å². The number of amides is 2. The van der Waals surface area contributed by atoms with Crippen molar-refractivity contribution in [2.24, 2.45) is 0 Å². The van der Waals surface area contributed by atoms with E-state index in [1.165, 1.54) is 0 Å². The number of benzene rings is 2. The molecule has 0 aliphatic carbocycles. The summed E-state index contributed by atoms with van der Waals surface area (Å²) in [6, 6.07) is 3.64. The van der Waals surface area contributed by atoms with Crippen molar-refractivity contribution >= 4 is 23.2 Å². The van der Waals surface area contributed by atoms with Gasteiger partial charge in [0.05, 0.1) is 28.1 Å². The van der Waals surface area contributed by atoms with Gasteiger partial charge < -0.3 is 10.2 Å². The predicted molar refractivity (Wildman–Crippen MR) is 122 cm³/mol. The van der Waals surface area contributed by atoms with E-state index in [4.69, 9.17) is 0 Å². The lowest BCUT2D eigenvalue weighted by Crippen LogP contribution is -2.50. The third kappa shape index (κ3) is 5.85. The molecule has 0 unspecified atom stereocenters. The minimum atomic E-state index is -6.72. The Kier molecular flexibility index (Phi) is 8.31. The molecule has 1 heterocycles. The summed E-state index contributed by atoms with van der Waals surface area (Å²) in [7, 11) is 1.03. The number of halogens is 12. The number of hydrogen-bond donors (Lipinski definition) is 1. The Morgan fingerprint density at radius 3 is 1.95 bits per heavy atom. The van der Waals surface area contributed by atoms with Crippen LogP contribution in [-0.2, 0) is 11.8 Å². The SMILES string of the molecule is Cc1cc(C(F)(C(F)(F)F)C(F)(F)F)cc(C(F)(F)F)c1NC(=O)c1cccc(N(C)C(=O)c2ccc(F)nc2)c1F. The van der Waals surface area contributed by atoms with Crippen LogP contribution in [0.25, 0.3) is 0 Å². The van der Waals surface area contributed by atoms with Crippen LogP contribution in [0.5, 0.6) is 0 Å². The van der Waals surface area contributed by atoms with E-state index >= 15 is 4.39 Å². The lowest BCUT2D eigenvalue weighted by molar-refractivity contribution is -0.348. The third-order valence-corrected chi connectivity index (χ3v) is 5.92. The highest BCUT2D eigenvalue weighted by Crippen LogP contribution is 2.54. The van der Waals surface area contributed by atoms with E-state index in [1.807, 2.05) is 0 Å². The predicted octanol–water partition coefficient (Wildman–Crippen LogP) is 7.51. The zero-order valence-corrected chi connectivity index (χ0v) is 20.9. The van der Waals surface area contributed by atoms with Crippen molar-refractivity contribution in [1.82, 2.24) is 4.98 Å². The molecule has 0 radical (unpaired) electrons. The molecule has 0 aliphatic heterocycles. The van der Waals surface area contributed by atoms with E-state index in [9.17, 15) is 57.9 Å². The van der Waals surface area contributed by atoms with Gasteiger partial charge in [0.2, 0.25) is 5.95 Å². The topological polar surface area (TPSA) is 62.3 Å². The zero-order valence-electron chi connectivity index (χ0n) is 20.9. The second kappa shape index (κ2) is 10.8. The number of rotatable bonds is 5. The van der Waals surface area contributed by atoms with Crippen molar-refractivity contribution in [3.63, 3.8) is 0 Å². The minimum Gasteiger partial charge on any atom is -0.321 e. The van der Waals surface area contributed by atoms with Crippen molar-refractivity contribution in [3.8, 4) is 0 Å². The summed E-state index contributed by atoms with van der Waals surface area (Å²) < 4.78 is 163. The van der Waals surface area contributed by atoms with Crippen LogP contribution in [0.1, 0.15) is 37.4 Å². The van der Waals surface area contributed by atoms with E-state index in [2.05, 4.69) is 4.98 Å². The average Bonchev–Trinajstić information content (AvgIpc) is 2.86. The Balaban J connectivity index is 2.07. The number of carbonyl (C=O) groups excluding carboxylic acids is 2. The van der Waals surface area contributed by atoms with Crippen LogP contribution in [0.15, 0.2) is 48.7 Å². The van der Waals surface area contributed by atoms with Gasteiger partial charge in [-0.3, -0.25) is 9.59 Å². The molecule has 226 valence electrons. The number of carbonyl (C=O) groups is 2. The van der Waals surface area contributed by atoms with Crippen LogP contribution in [0.3, 0.4) is 0 Å². The molecule has 3 rings (SSSR count). The Morgan fingerprint density at radius 2 is 1.45 bits per heavy atom. The Hall–Kier alpha value is -4.31. The molecule has 5 nitrogen and oxygen atoms in total. The fraction of sp³-hybridized carbons (Fsp3) is 0.240. The lowest BCUT2D eigenvalue weighted by Gasteiger charge is -2.31. The highest BCUT2D eigenvalue weighted by Gasteiger charge is 2.73. The fourth-order valence-electron chi connectivity index (χ4n) is 3.80. The van der Waals surface area contributed by atoms with Crippen molar-refractivity contribution in [1.29, 1.82) is 0 Å². The van der Waals surface area contributed by atoms with E-state index < -0.39 is 87.5 Å².